The Hall–Kier alpha value is -2.61. The van der Waals surface area contributed by atoms with Gasteiger partial charge in [0.1, 0.15) is 0 Å². The van der Waals surface area contributed by atoms with E-state index in [1.54, 1.807) is 0 Å². The van der Waals surface area contributed by atoms with E-state index < -0.39 is 0 Å². The van der Waals surface area contributed by atoms with Crippen LogP contribution >= 0.6 is 0 Å². The van der Waals surface area contributed by atoms with Crippen molar-refractivity contribution in [1.29, 1.82) is 0 Å². The summed E-state index contributed by atoms with van der Waals surface area (Å²) in [5.41, 5.74) is 2.82. The van der Waals surface area contributed by atoms with Crippen LogP contribution in [0.4, 0.5) is 0 Å². The lowest BCUT2D eigenvalue weighted by molar-refractivity contribution is 0.0954. The van der Waals surface area contributed by atoms with E-state index in [0.29, 0.717) is 0 Å². The summed E-state index contributed by atoms with van der Waals surface area (Å²) in [5.74, 6) is 0.00184. The van der Waals surface area contributed by atoms with Crippen molar-refractivity contribution in [2.45, 2.75) is 19.8 Å². The number of nitrogens with one attached hydrogen (secondary N) is 1. The van der Waals surface area contributed by atoms with Gasteiger partial charge in [0.25, 0.3) is 5.91 Å². The Morgan fingerprint density at radius 1 is 0.870 bits per heavy atom. The van der Waals surface area contributed by atoms with Gasteiger partial charge in [-0.2, -0.15) is 0 Å². The molecule has 0 atom stereocenters. The number of amides is 1. The van der Waals surface area contributed by atoms with Crippen LogP contribution in [0.3, 0.4) is 0 Å². The molecule has 0 aromatic heterocycles. The highest BCUT2D eigenvalue weighted by molar-refractivity contribution is 6.05. The maximum absolute atomic E-state index is 12.5. The van der Waals surface area contributed by atoms with E-state index in [2.05, 4.69) is 36.5 Å². The molecule has 2 heteroatoms. The summed E-state index contributed by atoms with van der Waals surface area (Å²) in [7, 11) is 0. The molecule has 23 heavy (non-hydrogen) atoms. The molecule has 3 aromatic rings. The number of carbonyl (C=O) groups is 1. The van der Waals surface area contributed by atoms with Gasteiger partial charge in [0.2, 0.25) is 0 Å². The van der Waals surface area contributed by atoms with E-state index >= 15 is 0 Å². The largest absolute Gasteiger partial charge is 0.352 e. The highest BCUT2D eigenvalue weighted by atomic mass is 16.1. The molecule has 3 rings (SSSR count). The molecule has 0 aliphatic rings. The molecule has 2 nitrogen and oxygen atoms in total. The highest BCUT2D eigenvalue weighted by Crippen LogP contribution is 2.30. The highest BCUT2D eigenvalue weighted by Gasteiger charge is 2.13. The maximum atomic E-state index is 12.5. The normalized spacial score (nSPS) is 10.7. The third kappa shape index (κ3) is 3.26. The van der Waals surface area contributed by atoms with Crippen LogP contribution in [0, 0.1) is 0 Å². The van der Waals surface area contributed by atoms with Crippen LogP contribution in [-0.4, -0.2) is 12.5 Å². The van der Waals surface area contributed by atoms with Crippen molar-refractivity contribution in [1.82, 2.24) is 5.32 Å². The van der Waals surface area contributed by atoms with Gasteiger partial charge in [0, 0.05) is 12.1 Å². The molecule has 116 valence electrons. The lowest BCUT2D eigenvalue weighted by atomic mass is 9.94. The molecule has 0 spiro atoms. The van der Waals surface area contributed by atoms with Gasteiger partial charge in [0.15, 0.2) is 0 Å². The van der Waals surface area contributed by atoms with Crippen molar-refractivity contribution >= 4 is 16.7 Å². The van der Waals surface area contributed by atoms with Crippen LogP contribution in [0.5, 0.6) is 0 Å². The van der Waals surface area contributed by atoms with Crippen molar-refractivity contribution in [3.63, 3.8) is 0 Å². The van der Waals surface area contributed by atoms with Crippen molar-refractivity contribution in [2.24, 2.45) is 0 Å². The molecule has 0 bridgehead atoms. The molecule has 0 saturated heterocycles. The van der Waals surface area contributed by atoms with Gasteiger partial charge >= 0.3 is 0 Å². The van der Waals surface area contributed by atoms with Crippen LogP contribution in [0.25, 0.3) is 21.9 Å². The van der Waals surface area contributed by atoms with Gasteiger partial charge in [-0.05, 0) is 34.4 Å². The summed E-state index contributed by atoms with van der Waals surface area (Å²) in [5, 5.41) is 5.38. The minimum absolute atomic E-state index is 0.00184. The molecule has 0 unspecified atom stereocenters. The van der Waals surface area contributed by atoms with Gasteiger partial charge in [-0.1, -0.05) is 74.0 Å². The van der Waals surface area contributed by atoms with E-state index in [9.17, 15) is 4.79 Å². The third-order valence-electron chi connectivity index (χ3n) is 4.07. The topological polar surface area (TPSA) is 29.1 Å². The van der Waals surface area contributed by atoms with Crippen LogP contribution < -0.4 is 5.32 Å². The first-order valence-electron chi connectivity index (χ1n) is 8.16. The molecular formula is C21H21NO. The predicted octanol–water partition coefficient (Wildman–Crippen LogP) is 5.04. The second kappa shape index (κ2) is 7.10. The molecule has 0 fully saturated rings. The van der Waals surface area contributed by atoms with E-state index in [4.69, 9.17) is 0 Å². The summed E-state index contributed by atoms with van der Waals surface area (Å²) < 4.78 is 0. The first-order valence-corrected chi connectivity index (χ1v) is 8.16. The molecule has 1 N–H and O–H groups in total. The second-order valence-electron chi connectivity index (χ2n) is 5.68. The average molecular weight is 303 g/mol. The Bertz CT molecular complexity index is 817. The van der Waals surface area contributed by atoms with Crippen molar-refractivity contribution in [3.8, 4) is 11.1 Å². The van der Waals surface area contributed by atoms with Crippen molar-refractivity contribution < 1.29 is 4.79 Å². The molecule has 0 aliphatic heterocycles. The van der Waals surface area contributed by atoms with Crippen LogP contribution in [0.15, 0.2) is 66.7 Å². The molecule has 0 saturated carbocycles. The number of hydrogen-bond donors (Lipinski definition) is 1. The van der Waals surface area contributed by atoms with E-state index in [0.717, 1.165) is 36.1 Å². The second-order valence-corrected chi connectivity index (χ2v) is 5.68. The van der Waals surface area contributed by atoms with E-state index in [1.807, 2.05) is 42.5 Å². The predicted molar refractivity (Wildman–Crippen MR) is 96.6 cm³/mol. The average Bonchev–Trinajstić information content (AvgIpc) is 2.61. The fourth-order valence-electron chi connectivity index (χ4n) is 2.85. The molecule has 0 aliphatic carbocycles. The van der Waals surface area contributed by atoms with Gasteiger partial charge in [0.05, 0.1) is 0 Å². The first-order chi connectivity index (χ1) is 11.3. The van der Waals surface area contributed by atoms with Crippen LogP contribution in [0.2, 0.25) is 0 Å². The van der Waals surface area contributed by atoms with Gasteiger partial charge in [-0.25, -0.2) is 0 Å². The fraction of sp³-hybridized carbons (Fsp3) is 0.190. The monoisotopic (exact) mass is 303 g/mol. The first kappa shape index (κ1) is 15.3. The zero-order chi connectivity index (χ0) is 16.1. The summed E-state index contributed by atoms with van der Waals surface area (Å²) in [6.45, 7) is 2.84. The van der Waals surface area contributed by atoms with E-state index in [-0.39, 0.29) is 5.91 Å². The Kier molecular flexibility index (Phi) is 4.72. The number of hydrogen-bond acceptors (Lipinski definition) is 1. The standard InChI is InChI=1S/C21H21NO/c1-2-3-15-22-21(23)20-13-7-6-12-19(20)18-14-8-10-16-9-4-5-11-17(16)18/h4-14H,2-3,15H2,1H3,(H,22,23). The fourth-order valence-corrected chi connectivity index (χ4v) is 2.85. The molecule has 0 radical (unpaired) electrons. The van der Waals surface area contributed by atoms with E-state index in [1.165, 1.54) is 10.8 Å². The third-order valence-corrected chi connectivity index (χ3v) is 4.07. The summed E-state index contributed by atoms with van der Waals surface area (Å²) in [6.07, 6.45) is 2.08. The van der Waals surface area contributed by atoms with Crippen LogP contribution in [-0.2, 0) is 0 Å². The molecule has 0 heterocycles. The lowest BCUT2D eigenvalue weighted by Crippen LogP contribution is -2.24. The quantitative estimate of drug-likeness (QED) is 0.658. The van der Waals surface area contributed by atoms with Crippen molar-refractivity contribution in [3.05, 3.63) is 72.3 Å². The summed E-state index contributed by atoms with van der Waals surface area (Å²) >= 11 is 0. The van der Waals surface area contributed by atoms with Crippen molar-refractivity contribution in [2.75, 3.05) is 6.54 Å². The number of carbonyl (C=O) groups excluding carboxylic acids is 1. The summed E-state index contributed by atoms with van der Waals surface area (Å²) in [4.78, 5) is 12.5. The Morgan fingerprint density at radius 3 is 2.43 bits per heavy atom. The smallest absolute Gasteiger partial charge is 0.251 e. The molecule has 3 aromatic carbocycles. The minimum Gasteiger partial charge on any atom is -0.352 e. The van der Waals surface area contributed by atoms with Gasteiger partial charge in [-0.3, -0.25) is 4.79 Å². The molecule has 1 amide bonds. The zero-order valence-corrected chi connectivity index (χ0v) is 13.4. The maximum Gasteiger partial charge on any atom is 0.251 e. The SMILES string of the molecule is CCCCNC(=O)c1ccccc1-c1cccc2ccccc12. The Morgan fingerprint density at radius 2 is 1.57 bits per heavy atom. The number of fused-ring (bicyclic) bond motifs is 1. The number of benzene rings is 3. The van der Waals surface area contributed by atoms with Gasteiger partial charge in [-0.15, -0.1) is 0 Å². The summed E-state index contributed by atoms with van der Waals surface area (Å²) in [6, 6.07) is 22.3. The Labute approximate surface area is 137 Å². The number of unbranched alkanes of at least 4 members (excludes halogenated alkanes) is 1. The zero-order valence-electron chi connectivity index (χ0n) is 13.4. The minimum atomic E-state index is 0.00184. The molecular weight excluding hydrogens is 282 g/mol. The Balaban J connectivity index is 2.04. The van der Waals surface area contributed by atoms with Gasteiger partial charge < -0.3 is 5.32 Å². The van der Waals surface area contributed by atoms with Crippen LogP contribution in [0.1, 0.15) is 30.1 Å². The number of rotatable bonds is 5. The lowest BCUT2D eigenvalue weighted by Gasteiger charge is -2.12.